The van der Waals surface area contributed by atoms with Gasteiger partial charge in [-0.1, -0.05) is 28.1 Å². The Morgan fingerprint density at radius 1 is 1.20 bits per heavy atom. The molecule has 0 aliphatic heterocycles. The molecular weight excluding hydrogens is 322 g/mol. The largest absolute Gasteiger partial charge is 0.466 e. The van der Waals surface area contributed by atoms with E-state index >= 15 is 0 Å². The standard InChI is InChI=1S/C15H20BrNO3/c1-3-20-15(19)9-8-14(18)11-17(2)10-12-4-6-13(16)7-5-12/h4-7H,3,8-11H2,1-2H3. The van der Waals surface area contributed by atoms with Crippen LogP contribution in [0.2, 0.25) is 0 Å². The first kappa shape index (κ1) is 16.9. The average molecular weight is 342 g/mol. The molecule has 0 aromatic heterocycles. The molecular formula is C15H20BrNO3. The summed E-state index contributed by atoms with van der Waals surface area (Å²) in [6.45, 7) is 3.16. The van der Waals surface area contributed by atoms with E-state index < -0.39 is 0 Å². The highest BCUT2D eigenvalue weighted by Crippen LogP contribution is 2.11. The number of Topliss-reactive ketones (excluding diaryl/α,β-unsaturated/α-hetero) is 1. The summed E-state index contributed by atoms with van der Waals surface area (Å²) in [6.07, 6.45) is 0.405. The van der Waals surface area contributed by atoms with E-state index in [-0.39, 0.29) is 24.6 Å². The van der Waals surface area contributed by atoms with Crippen LogP contribution in [0.15, 0.2) is 28.7 Å². The lowest BCUT2D eigenvalue weighted by Gasteiger charge is -2.15. The molecule has 0 aliphatic rings. The maximum atomic E-state index is 11.7. The Balaban J connectivity index is 2.30. The number of benzene rings is 1. The molecule has 110 valence electrons. The predicted molar refractivity (Wildman–Crippen MR) is 81.4 cm³/mol. The highest BCUT2D eigenvalue weighted by molar-refractivity contribution is 9.10. The minimum Gasteiger partial charge on any atom is -0.466 e. The molecule has 0 amide bonds. The Hall–Kier alpha value is -1.20. The Morgan fingerprint density at radius 2 is 1.85 bits per heavy atom. The number of rotatable bonds is 8. The van der Waals surface area contributed by atoms with Crippen molar-refractivity contribution in [2.24, 2.45) is 0 Å². The molecule has 1 rings (SSSR count). The van der Waals surface area contributed by atoms with Gasteiger partial charge in [-0.25, -0.2) is 0 Å². The second kappa shape index (κ2) is 8.87. The van der Waals surface area contributed by atoms with E-state index in [1.807, 2.05) is 36.2 Å². The van der Waals surface area contributed by atoms with Crippen LogP contribution in [0.4, 0.5) is 0 Å². The highest BCUT2D eigenvalue weighted by atomic mass is 79.9. The van der Waals surface area contributed by atoms with Crippen LogP contribution in [0.1, 0.15) is 25.3 Å². The van der Waals surface area contributed by atoms with Gasteiger partial charge in [-0.05, 0) is 31.7 Å². The number of ether oxygens (including phenoxy) is 1. The van der Waals surface area contributed by atoms with E-state index in [9.17, 15) is 9.59 Å². The molecule has 0 saturated heterocycles. The number of likely N-dealkylation sites (N-methyl/N-ethyl adjacent to an activating group) is 1. The molecule has 0 aliphatic carbocycles. The lowest BCUT2D eigenvalue weighted by atomic mass is 10.2. The second-order valence-electron chi connectivity index (χ2n) is 4.64. The van der Waals surface area contributed by atoms with Gasteiger partial charge >= 0.3 is 5.97 Å². The first-order chi connectivity index (χ1) is 9.51. The van der Waals surface area contributed by atoms with Crippen molar-refractivity contribution in [3.63, 3.8) is 0 Å². The zero-order valence-corrected chi connectivity index (χ0v) is 13.5. The Morgan fingerprint density at radius 3 is 2.45 bits per heavy atom. The third-order valence-corrected chi connectivity index (χ3v) is 3.25. The van der Waals surface area contributed by atoms with Gasteiger partial charge in [0.1, 0.15) is 5.78 Å². The van der Waals surface area contributed by atoms with Crippen LogP contribution in [-0.4, -0.2) is 36.9 Å². The topological polar surface area (TPSA) is 46.6 Å². The molecule has 5 heteroatoms. The van der Waals surface area contributed by atoms with Crippen LogP contribution in [0.25, 0.3) is 0 Å². The van der Waals surface area contributed by atoms with Crippen molar-refractivity contribution < 1.29 is 14.3 Å². The van der Waals surface area contributed by atoms with E-state index in [0.717, 1.165) is 10.0 Å². The van der Waals surface area contributed by atoms with Crippen molar-refractivity contribution >= 4 is 27.7 Å². The number of esters is 1. The fourth-order valence-corrected chi connectivity index (χ4v) is 2.08. The van der Waals surface area contributed by atoms with Crippen LogP contribution in [0, 0.1) is 0 Å². The third kappa shape index (κ3) is 6.82. The van der Waals surface area contributed by atoms with Crippen molar-refractivity contribution in [3.05, 3.63) is 34.3 Å². The van der Waals surface area contributed by atoms with Gasteiger partial charge in [0.25, 0.3) is 0 Å². The number of nitrogens with zero attached hydrogens (tertiary/aromatic N) is 1. The lowest BCUT2D eigenvalue weighted by Crippen LogP contribution is -2.26. The van der Waals surface area contributed by atoms with Crippen molar-refractivity contribution in [2.45, 2.75) is 26.3 Å². The summed E-state index contributed by atoms with van der Waals surface area (Å²) >= 11 is 3.39. The number of halogens is 1. The molecule has 0 heterocycles. The quantitative estimate of drug-likeness (QED) is 0.682. The van der Waals surface area contributed by atoms with E-state index in [4.69, 9.17) is 4.74 Å². The predicted octanol–water partition coefficient (Wildman–Crippen LogP) is 2.79. The molecule has 20 heavy (non-hydrogen) atoms. The number of hydrogen-bond donors (Lipinski definition) is 0. The van der Waals surface area contributed by atoms with Crippen molar-refractivity contribution in [1.82, 2.24) is 4.90 Å². The van der Waals surface area contributed by atoms with Crippen LogP contribution >= 0.6 is 15.9 Å². The number of carbonyl (C=O) groups excluding carboxylic acids is 2. The monoisotopic (exact) mass is 341 g/mol. The lowest BCUT2D eigenvalue weighted by molar-refractivity contribution is -0.144. The minimum absolute atomic E-state index is 0.0534. The van der Waals surface area contributed by atoms with Gasteiger partial charge < -0.3 is 4.74 Å². The van der Waals surface area contributed by atoms with Gasteiger partial charge in [0.2, 0.25) is 0 Å². The van der Waals surface area contributed by atoms with Gasteiger partial charge in [0, 0.05) is 17.4 Å². The van der Waals surface area contributed by atoms with Crippen LogP contribution in [0.3, 0.4) is 0 Å². The molecule has 0 saturated carbocycles. The normalized spacial score (nSPS) is 10.6. The maximum absolute atomic E-state index is 11.7. The van der Waals surface area contributed by atoms with Gasteiger partial charge in [0.05, 0.1) is 19.6 Å². The molecule has 0 spiro atoms. The van der Waals surface area contributed by atoms with Gasteiger partial charge in [0.15, 0.2) is 0 Å². The van der Waals surface area contributed by atoms with E-state index in [1.165, 1.54) is 0 Å². The van der Waals surface area contributed by atoms with Gasteiger partial charge in [-0.3, -0.25) is 14.5 Å². The highest BCUT2D eigenvalue weighted by Gasteiger charge is 2.10. The summed E-state index contributed by atoms with van der Waals surface area (Å²) in [5, 5.41) is 0. The van der Waals surface area contributed by atoms with Gasteiger partial charge in [-0.15, -0.1) is 0 Å². The smallest absolute Gasteiger partial charge is 0.306 e. The van der Waals surface area contributed by atoms with Crippen molar-refractivity contribution in [3.8, 4) is 0 Å². The summed E-state index contributed by atoms with van der Waals surface area (Å²) in [6, 6.07) is 7.99. The summed E-state index contributed by atoms with van der Waals surface area (Å²) < 4.78 is 5.83. The summed E-state index contributed by atoms with van der Waals surface area (Å²) in [4.78, 5) is 24.9. The first-order valence-corrected chi connectivity index (χ1v) is 7.41. The molecule has 1 aromatic rings. The molecule has 0 atom stereocenters. The number of ketones is 1. The molecule has 0 fully saturated rings. The first-order valence-electron chi connectivity index (χ1n) is 6.61. The summed E-state index contributed by atoms with van der Waals surface area (Å²) in [5.41, 5.74) is 1.15. The van der Waals surface area contributed by atoms with Crippen LogP contribution < -0.4 is 0 Å². The average Bonchev–Trinajstić information content (AvgIpc) is 2.39. The van der Waals surface area contributed by atoms with Crippen molar-refractivity contribution in [2.75, 3.05) is 20.2 Å². The van der Waals surface area contributed by atoms with Gasteiger partial charge in [-0.2, -0.15) is 0 Å². The Bertz CT molecular complexity index is 445. The molecule has 4 nitrogen and oxygen atoms in total. The van der Waals surface area contributed by atoms with E-state index in [0.29, 0.717) is 19.7 Å². The van der Waals surface area contributed by atoms with E-state index in [2.05, 4.69) is 15.9 Å². The molecule has 0 radical (unpaired) electrons. The molecule has 0 bridgehead atoms. The fourth-order valence-electron chi connectivity index (χ4n) is 1.81. The Kier molecular flexibility index (Phi) is 7.47. The second-order valence-corrected chi connectivity index (χ2v) is 5.56. The summed E-state index contributed by atoms with van der Waals surface area (Å²) in [7, 11) is 1.89. The molecule has 1 aromatic carbocycles. The van der Waals surface area contributed by atoms with Crippen LogP contribution in [0.5, 0.6) is 0 Å². The third-order valence-electron chi connectivity index (χ3n) is 2.73. The van der Waals surface area contributed by atoms with Crippen LogP contribution in [-0.2, 0) is 20.9 Å². The minimum atomic E-state index is -0.309. The number of hydrogen-bond acceptors (Lipinski definition) is 4. The van der Waals surface area contributed by atoms with Crippen molar-refractivity contribution in [1.29, 1.82) is 0 Å². The zero-order valence-electron chi connectivity index (χ0n) is 11.9. The Labute approximate surface area is 128 Å². The molecule has 0 N–H and O–H groups in total. The SMILES string of the molecule is CCOC(=O)CCC(=O)CN(C)Cc1ccc(Br)cc1. The summed E-state index contributed by atoms with van der Waals surface area (Å²) in [5.74, 6) is -0.255. The maximum Gasteiger partial charge on any atom is 0.306 e. The zero-order chi connectivity index (χ0) is 15.0. The molecule has 0 unspecified atom stereocenters. The van der Waals surface area contributed by atoms with E-state index in [1.54, 1.807) is 6.92 Å². The number of carbonyl (C=O) groups is 2. The fraction of sp³-hybridized carbons (Fsp3) is 0.467.